The topological polar surface area (TPSA) is 78.9 Å². The largest absolute Gasteiger partial charge is 0.411 e. The van der Waals surface area contributed by atoms with Gasteiger partial charge in [-0.15, -0.1) is 0 Å². The quantitative estimate of drug-likeness (QED) is 0.711. The summed E-state index contributed by atoms with van der Waals surface area (Å²) < 4.78 is 47.4. The second-order valence-electron chi connectivity index (χ2n) is 4.93. The van der Waals surface area contributed by atoms with Gasteiger partial charge in [0.05, 0.1) is 17.5 Å². The van der Waals surface area contributed by atoms with E-state index in [-0.39, 0.29) is 11.7 Å². The summed E-state index contributed by atoms with van der Waals surface area (Å²) in [6.45, 7) is -1.77. The molecule has 0 saturated heterocycles. The van der Waals surface area contributed by atoms with Crippen LogP contribution in [0.3, 0.4) is 0 Å². The number of rotatable bonds is 5. The minimum Gasteiger partial charge on any atom is -0.364 e. The van der Waals surface area contributed by atoms with Gasteiger partial charge >= 0.3 is 6.18 Å². The normalized spacial score (nSPS) is 11.8. The summed E-state index contributed by atoms with van der Waals surface area (Å²) in [5, 5.41) is 7.71. The summed E-state index contributed by atoms with van der Waals surface area (Å²) in [5.41, 5.74) is 1.89. The van der Waals surface area contributed by atoms with Crippen LogP contribution in [0.5, 0.6) is 0 Å². The number of halogens is 3. The Balaban J connectivity index is 1.81. The fourth-order valence-corrected chi connectivity index (χ4v) is 2.03. The van der Waals surface area contributed by atoms with Crippen LogP contribution in [-0.4, -0.2) is 37.7 Å². The van der Waals surface area contributed by atoms with Gasteiger partial charge in [-0.3, -0.25) is 9.67 Å². The van der Waals surface area contributed by atoms with Crippen LogP contribution in [-0.2, 0) is 18.4 Å². The van der Waals surface area contributed by atoms with Crippen molar-refractivity contribution in [3.63, 3.8) is 0 Å². The maximum atomic E-state index is 12.1. The van der Waals surface area contributed by atoms with Crippen LogP contribution in [0.15, 0.2) is 35.2 Å². The third-order valence-corrected chi connectivity index (χ3v) is 2.98. The van der Waals surface area contributed by atoms with Gasteiger partial charge in [0, 0.05) is 25.0 Å². The molecule has 126 valence electrons. The molecule has 0 spiro atoms. The van der Waals surface area contributed by atoms with Crippen molar-refractivity contribution in [1.29, 1.82) is 0 Å². The van der Waals surface area contributed by atoms with Gasteiger partial charge in [-0.25, -0.2) is 0 Å². The highest BCUT2D eigenvalue weighted by molar-refractivity contribution is 5.75. The van der Waals surface area contributed by atoms with Crippen LogP contribution in [0.2, 0.25) is 0 Å². The molecule has 0 aliphatic heterocycles. The van der Waals surface area contributed by atoms with E-state index in [4.69, 9.17) is 4.52 Å². The first-order valence-electron chi connectivity index (χ1n) is 6.84. The Morgan fingerprint density at radius 1 is 1.33 bits per heavy atom. The first-order valence-corrected chi connectivity index (χ1v) is 6.84. The van der Waals surface area contributed by atoms with Gasteiger partial charge in [0.15, 0.2) is 5.82 Å². The predicted molar refractivity (Wildman–Crippen MR) is 75.4 cm³/mol. The first kappa shape index (κ1) is 16.1. The third-order valence-electron chi connectivity index (χ3n) is 2.98. The number of aryl methyl sites for hydroxylation is 1. The van der Waals surface area contributed by atoms with Gasteiger partial charge in [-0.2, -0.15) is 23.3 Å². The summed E-state index contributed by atoms with van der Waals surface area (Å²) in [6.07, 6.45) is 0.615. The lowest BCUT2D eigenvalue weighted by Gasteiger charge is -2.04. The second kappa shape index (κ2) is 6.40. The molecule has 3 heterocycles. The van der Waals surface area contributed by atoms with Crippen LogP contribution in [0.1, 0.15) is 5.82 Å². The van der Waals surface area contributed by atoms with E-state index in [1.54, 1.807) is 42.5 Å². The van der Waals surface area contributed by atoms with Gasteiger partial charge in [0.25, 0.3) is 5.89 Å². The Labute approximate surface area is 134 Å². The van der Waals surface area contributed by atoms with Crippen molar-refractivity contribution in [2.45, 2.75) is 12.8 Å². The number of alkyl halides is 3. The smallest absolute Gasteiger partial charge is 0.364 e. The van der Waals surface area contributed by atoms with Crippen molar-refractivity contribution in [2.75, 3.05) is 6.61 Å². The van der Waals surface area contributed by atoms with Gasteiger partial charge in [0.1, 0.15) is 13.2 Å². The molecule has 3 aromatic rings. The number of ether oxygens (including phenoxy) is 1. The van der Waals surface area contributed by atoms with Crippen molar-refractivity contribution >= 4 is 0 Å². The molecule has 0 N–H and O–H groups in total. The number of hydrogen-bond acceptors (Lipinski definition) is 6. The molecule has 3 rings (SSSR count). The number of nitrogens with zero attached hydrogens (tertiary/aromatic N) is 5. The minimum atomic E-state index is -4.40. The Hall–Kier alpha value is -2.75. The van der Waals surface area contributed by atoms with E-state index >= 15 is 0 Å². The summed E-state index contributed by atoms with van der Waals surface area (Å²) in [4.78, 5) is 8.34. The van der Waals surface area contributed by atoms with Crippen LogP contribution in [0.4, 0.5) is 13.2 Å². The molecule has 0 aliphatic carbocycles. The van der Waals surface area contributed by atoms with E-state index in [2.05, 4.69) is 25.0 Å². The average Bonchev–Trinajstić information content (AvgIpc) is 3.15. The summed E-state index contributed by atoms with van der Waals surface area (Å²) >= 11 is 0. The fraction of sp³-hybridized carbons (Fsp3) is 0.286. The fourth-order valence-electron chi connectivity index (χ4n) is 2.03. The van der Waals surface area contributed by atoms with Crippen molar-refractivity contribution in [1.82, 2.24) is 24.9 Å². The molecule has 0 atom stereocenters. The Morgan fingerprint density at radius 3 is 2.88 bits per heavy atom. The second-order valence-corrected chi connectivity index (χ2v) is 4.93. The molecular weight excluding hydrogens is 327 g/mol. The SMILES string of the molecule is Cn1cc(-c2ncccc2-c2nc(COCC(F)(F)F)no2)cn1. The van der Waals surface area contributed by atoms with Crippen LogP contribution in [0, 0.1) is 0 Å². The zero-order chi connectivity index (χ0) is 17.2. The van der Waals surface area contributed by atoms with E-state index in [1.807, 2.05) is 0 Å². The van der Waals surface area contributed by atoms with Crippen molar-refractivity contribution in [3.05, 3.63) is 36.5 Å². The molecule has 0 saturated carbocycles. The summed E-state index contributed by atoms with van der Waals surface area (Å²) in [5.74, 6) is 0.169. The maximum absolute atomic E-state index is 12.1. The zero-order valence-electron chi connectivity index (χ0n) is 12.5. The van der Waals surface area contributed by atoms with Gasteiger partial charge in [0.2, 0.25) is 0 Å². The highest BCUT2D eigenvalue weighted by Crippen LogP contribution is 2.28. The van der Waals surface area contributed by atoms with Crippen LogP contribution in [0.25, 0.3) is 22.7 Å². The molecular formula is C14H12F3N5O2. The van der Waals surface area contributed by atoms with Gasteiger partial charge in [-0.05, 0) is 12.1 Å². The standard InChI is InChI=1S/C14H12F3N5O2/c1-22-6-9(5-19-22)12-10(3-2-4-18-12)13-20-11(21-24-13)7-23-8-14(15,16)17/h2-6H,7-8H2,1H3. The lowest BCUT2D eigenvalue weighted by molar-refractivity contribution is -0.177. The first-order chi connectivity index (χ1) is 11.4. The molecule has 0 aromatic carbocycles. The number of pyridine rings is 1. The van der Waals surface area contributed by atoms with Crippen molar-refractivity contribution < 1.29 is 22.4 Å². The van der Waals surface area contributed by atoms with Crippen LogP contribution >= 0.6 is 0 Å². The highest BCUT2D eigenvalue weighted by atomic mass is 19.4. The van der Waals surface area contributed by atoms with Crippen LogP contribution < -0.4 is 0 Å². The van der Waals surface area contributed by atoms with Crippen molar-refractivity contribution in [3.8, 4) is 22.7 Å². The van der Waals surface area contributed by atoms with Crippen molar-refractivity contribution in [2.24, 2.45) is 7.05 Å². The molecule has 10 heteroatoms. The summed E-state index contributed by atoms with van der Waals surface area (Å²) in [7, 11) is 1.77. The number of hydrogen-bond donors (Lipinski definition) is 0. The summed E-state index contributed by atoms with van der Waals surface area (Å²) in [6, 6.07) is 3.42. The van der Waals surface area contributed by atoms with E-state index in [0.717, 1.165) is 5.56 Å². The molecule has 24 heavy (non-hydrogen) atoms. The molecule has 0 fully saturated rings. The Kier molecular flexibility index (Phi) is 4.30. The zero-order valence-corrected chi connectivity index (χ0v) is 12.5. The average molecular weight is 339 g/mol. The highest BCUT2D eigenvalue weighted by Gasteiger charge is 2.27. The Morgan fingerprint density at radius 2 is 2.17 bits per heavy atom. The molecule has 0 aliphatic rings. The van der Waals surface area contributed by atoms with E-state index < -0.39 is 19.4 Å². The molecule has 0 radical (unpaired) electrons. The third kappa shape index (κ3) is 3.77. The lowest BCUT2D eigenvalue weighted by atomic mass is 10.1. The molecule has 3 aromatic heterocycles. The molecule has 0 bridgehead atoms. The van der Waals surface area contributed by atoms with E-state index in [9.17, 15) is 13.2 Å². The van der Waals surface area contributed by atoms with E-state index in [0.29, 0.717) is 11.3 Å². The minimum absolute atomic E-state index is 0.0234. The van der Waals surface area contributed by atoms with Gasteiger partial charge in [-0.1, -0.05) is 5.16 Å². The number of aromatic nitrogens is 5. The predicted octanol–water partition coefficient (Wildman–Crippen LogP) is 2.61. The molecule has 7 nitrogen and oxygen atoms in total. The lowest BCUT2D eigenvalue weighted by Crippen LogP contribution is -2.16. The monoisotopic (exact) mass is 339 g/mol. The van der Waals surface area contributed by atoms with E-state index in [1.165, 1.54) is 0 Å². The molecule has 0 amide bonds. The Bertz CT molecular complexity index is 828. The molecule has 0 unspecified atom stereocenters. The van der Waals surface area contributed by atoms with Gasteiger partial charge < -0.3 is 9.26 Å². The maximum Gasteiger partial charge on any atom is 0.411 e.